The van der Waals surface area contributed by atoms with Crippen LogP contribution >= 0.6 is 0 Å². The number of methoxy groups -OCH3 is 1. The summed E-state index contributed by atoms with van der Waals surface area (Å²) >= 11 is 0. The second-order valence-corrected chi connectivity index (χ2v) is 7.39. The molecule has 2 N–H and O–H groups in total. The van der Waals surface area contributed by atoms with Crippen LogP contribution in [0, 0.1) is 0 Å². The molecule has 0 spiro atoms. The van der Waals surface area contributed by atoms with E-state index in [4.69, 9.17) is 9.47 Å². The van der Waals surface area contributed by atoms with E-state index in [0.29, 0.717) is 36.2 Å². The molecule has 10 nitrogen and oxygen atoms in total. The van der Waals surface area contributed by atoms with E-state index in [1.807, 2.05) is 6.92 Å². The molecule has 1 atom stereocenters. The van der Waals surface area contributed by atoms with Crippen molar-refractivity contribution in [3.8, 4) is 5.88 Å². The van der Waals surface area contributed by atoms with Gasteiger partial charge in [0.25, 0.3) is 0 Å². The molecule has 0 bridgehead atoms. The zero-order valence-corrected chi connectivity index (χ0v) is 18.3. The van der Waals surface area contributed by atoms with Crippen molar-refractivity contribution in [3.63, 3.8) is 0 Å². The number of para-hydroxylation sites is 2. The molecule has 0 saturated heterocycles. The van der Waals surface area contributed by atoms with Gasteiger partial charge in [0.1, 0.15) is 13.2 Å². The lowest BCUT2D eigenvalue weighted by atomic mass is 10.1. The van der Waals surface area contributed by atoms with Crippen molar-refractivity contribution >= 4 is 34.9 Å². The number of pyridine rings is 1. The zero-order chi connectivity index (χ0) is 23.1. The molecule has 1 aliphatic heterocycles. The van der Waals surface area contributed by atoms with Gasteiger partial charge in [-0.15, -0.1) is 0 Å². The number of nitrogens with one attached hydrogen (secondary N) is 2. The first-order valence-electron chi connectivity index (χ1n) is 10.2. The first-order chi connectivity index (χ1) is 15.4. The summed E-state index contributed by atoms with van der Waals surface area (Å²) in [5.74, 6) is -0.0341. The van der Waals surface area contributed by atoms with Crippen molar-refractivity contribution in [1.29, 1.82) is 0 Å². The number of carbonyl (C=O) groups excluding carboxylic acids is 3. The summed E-state index contributed by atoms with van der Waals surface area (Å²) in [6, 6.07) is 9.60. The number of nitrogens with zero attached hydrogens (tertiary/aromatic N) is 3. The molecule has 3 rings (SSSR count). The molecule has 1 aromatic carbocycles. The quantitative estimate of drug-likeness (QED) is 0.638. The monoisotopic (exact) mass is 441 g/mol. The molecule has 2 aromatic rings. The van der Waals surface area contributed by atoms with Gasteiger partial charge in [-0.2, -0.15) is 0 Å². The van der Waals surface area contributed by atoms with Gasteiger partial charge in [-0.05, 0) is 25.1 Å². The lowest BCUT2D eigenvalue weighted by Crippen LogP contribution is -2.46. The molecular weight excluding hydrogens is 414 g/mol. The Hall–Kier alpha value is -3.66. The Bertz CT molecular complexity index is 965. The summed E-state index contributed by atoms with van der Waals surface area (Å²) in [4.78, 5) is 44.7. The van der Waals surface area contributed by atoms with Gasteiger partial charge < -0.3 is 29.9 Å². The number of anilines is 3. The van der Waals surface area contributed by atoms with Crippen molar-refractivity contribution in [2.45, 2.75) is 19.4 Å². The number of fused-ring (bicyclic) bond motifs is 1. The summed E-state index contributed by atoms with van der Waals surface area (Å²) in [5, 5.41) is 5.52. The standard InChI is InChI=1S/C22H27N5O5/c1-15-12-19(28)25-17-6-4-5-7-18(17)27(15)21(29)14-26(2)22(30)24-16-8-9-20(23-13-16)32-11-10-31-3/h4-9,13,15H,10-12,14H2,1-3H3,(H,24,30)(H,25,28). The minimum Gasteiger partial charge on any atom is -0.475 e. The van der Waals surface area contributed by atoms with Crippen LogP contribution in [0.25, 0.3) is 0 Å². The molecule has 1 aromatic heterocycles. The Morgan fingerprint density at radius 2 is 2.03 bits per heavy atom. The second-order valence-electron chi connectivity index (χ2n) is 7.39. The van der Waals surface area contributed by atoms with Crippen molar-refractivity contribution in [1.82, 2.24) is 9.88 Å². The summed E-state index contributed by atoms with van der Waals surface area (Å²) < 4.78 is 10.3. The average molecular weight is 441 g/mol. The third-order valence-electron chi connectivity index (χ3n) is 4.87. The molecular formula is C22H27N5O5. The van der Waals surface area contributed by atoms with Crippen LogP contribution in [-0.4, -0.2) is 67.7 Å². The fourth-order valence-electron chi connectivity index (χ4n) is 3.31. The van der Waals surface area contributed by atoms with Crippen LogP contribution in [0.4, 0.5) is 21.9 Å². The molecule has 4 amide bonds. The van der Waals surface area contributed by atoms with Crippen LogP contribution in [0.1, 0.15) is 13.3 Å². The number of rotatable bonds is 7. The topological polar surface area (TPSA) is 113 Å². The van der Waals surface area contributed by atoms with Crippen LogP contribution in [0.3, 0.4) is 0 Å². The maximum absolute atomic E-state index is 13.1. The van der Waals surface area contributed by atoms with Crippen LogP contribution in [-0.2, 0) is 14.3 Å². The van der Waals surface area contributed by atoms with Crippen molar-refractivity contribution in [2.75, 3.05) is 49.4 Å². The molecule has 0 aliphatic carbocycles. The SMILES string of the molecule is COCCOc1ccc(NC(=O)N(C)CC(=O)N2c3ccccc3NC(=O)CC2C)cn1. The second kappa shape index (κ2) is 10.6. The Balaban J connectivity index is 1.62. The first kappa shape index (κ1) is 23.0. The van der Waals surface area contributed by atoms with E-state index in [-0.39, 0.29) is 30.8 Å². The van der Waals surface area contributed by atoms with E-state index in [2.05, 4.69) is 15.6 Å². The maximum Gasteiger partial charge on any atom is 0.322 e. The number of likely N-dealkylation sites (N-methyl/N-ethyl adjacent to an activating group) is 1. The molecule has 0 radical (unpaired) electrons. The maximum atomic E-state index is 13.1. The number of hydrogen-bond donors (Lipinski definition) is 2. The van der Waals surface area contributed by atoms with E-state index in [1.54, 1.807) is 48.4 Å². The van der Waals surface area contributed by atoms with Gasteiger partial charge in [0.2, 0.25) is 17.7 Å². The number of carbonyl (C=O) groups is 3. The van der Waals surface area contributed by atoms with E-state index >= 15 is 0 Å². The molecule has 170 valence electrons. The summed E-state index contributed by atoms with van der Waals surface area (Å²) in [6.45, 7) is 2.47. The minimum absolute atomic E-state index is 0.159. The van der Waals surface area contributed by atoms with Gasteiger partial charge >= 0.3 is 6.03 Å². The smallest absolute Gasteiger partial charge is 0.322 e. The van der Waals surface area contributed by atoms with Gasteiger partial charge in [0, 0.05) is 32.7 Å². The van der Waals surface area contributed by atoms with Crippen LogP contribution in [0.5, 0.6) is 5.88 Å². The highest BCUT2D eigenvalue weighted by atomic mass is 16.5. The van der Waals surface area contributed by atoms with Gasteiger partial charge in [0.05, 0.1) is 29.9 Å². The number of ether oxygens (including phenoxy) is 2. The first-order valence-corrected chi connectivity index (χ1v) is 10.2. The van der Waals surface area contributed by atoms with Gasteiger partial charge in [-0.1, -0.05) is 12.1 Å². The van der Waals surface area contributed by atoms with Crippen LogP contribution in [0.15, 0.2) is 42.6 Å². The molecule has 10 heteroatoms. The lowest BCUT2D eigenvalue weighted by molar-refractivity contribution is -0.119. The van der Waals surface area contributed by atoms with Crippen molar-refractivity contribution < 1.29 is 23.9 Å². The van der Waals surface area contributed by atoms with Crippen molar-refractivity contribution in [2.24, 2.45) is 0 Å². The van der Waals surface area contributed by atoms with E-state index in [1.165, 1.54) is 18.1 Å². The summed E-state index contributed by atoms with van der Waals surface area (Å²) in [5.41, 5.74) is 1.65. The Morgan fingerprint density at radius 3 is 2.75 bits per heavy atom. The van der Waals surface area contributed by atoms with Crippen molar-refractivity contribution in [3.05, 3.63) is 42.6 Å². The molecule has 1 unspecified atom stereocenters. The largest absolute Gasteiger partial charge is 0.475 e. The fourth-order valence-corrected chi connectivity index (χ4v) is 3.31. The number of hydrogen-bond acceptors (Lipinski definition) is 6. The van der Waals surface area contributed by atoms with Gasteiger partial charge in [-0.25, -0.2) is 9.78 Å². The molecule has 1 aliphatic rings. The Morgan fingerprint density at radius 1 is 1.25 bits per heavy atom. The molecule has 0 saturated carbocycles. The highest BCUT2D eigenvalue weighted by Gasteiger charge is 2.30. The van der Waals surface area contributed by atoms with Crippen LogP contribution < -0.4 is 20.3 Å². The minimum atomic E-state index is -0.460. The van der Waals surface area contributed by atoms with E-state index in [0.717, 1.165) is 0 Å². The number of urea groups is 1. The Kier molecular flexibility index (Phi) is 7.61. The molecule has 0 fully saturated rings. The summed E-state index contributed by atoms with van der Waals surface area (Å²) in [6.07, 6.45) is 1.64. The lowest BCUT2D eigenvalue weighted by Gasteiger charge is -2.29. The number of amides is 4. The highest BCUT2D eigenvalue weighted by Crippen LogP contribution is 2.31. The molecule has 2 heterocycles. The average Bonchev–Trinajstić information content (AvgIpc) is 2.89. The van der Waals surface area contributed by atoms with Gasteiger partial charge in [0.15, 0.2) is 0 Å². The highest BCUT2D eigenvalue weighted by molar-refractivity contribution is 6.05. The number of aromatic nitrogens is 1. The predicted octanol–water partition coefficient (Wildman–Crippen LogP) is 2.33. The Labute approximate surface area is 186 Å². The summed E-state index contributed by atoms with van der Waals surface area (Å²) in [7, 11) is 3.11. The van der Waals surface area contributed by atoms with E-state index in [9.17, 15) is 14.4 Å². The van der Waals surface area contributed by atoms with Crippen LogP contribution in [0.2, 0.25) is 0 Å². The third kappa shape index (κ3) is 5.73. The normalized spacial score (nSPS) is 15.3. The zero-order valence-electron chi connectivity index (χ0n) is 18.3. The third-order valence-corrected chi connectivity index (χ3v) is 4.87. The van der Waals surface area contributed by atoms with E-state index < -0.39 is 6.03 Å². The predicted molar refractivity (Wildman–Crippen MR) is 120 cm³/mol. The van der Waals surface area contributed by atoms with Gasteiger partial charge in [-0.3, -0.25) is 9.59 Å². The molecule has 32 heavy (non-hydrogen) atoms. The number of benzene rings is 1. The fraction of sp³-hybridized carbons (Fsp3) is 0.364.